The monoisotopic (exact) mass is 403 g/mol. The predicted molar refractivity (Wildman–Crippen MR) is 115 cm³/mol. The first-order chi connectivity index (χ1) is 14.2. The Morgan fingerprint density at radius 2 is 1.72 bits per heavy atom. The number of amides is 1. The van der Waals surface area contributed by atoms with Gasteiger partial charge in [0.2, 0.25) is 5.91 Å². The summed E-state index contributed by atoms with van der Waals surface area (Å²) >= 11 is 0. The summed E-state index contributed by atoms with van der Waals surface area (Å²) < 4.78 is 10.7. The standard InChI is InChI=1S/C24H37NO4/c1-2-3-4-5-6-7-8-9-10-11-12-13-14-15-16-17-24(27)29-20-21-19-28-23-18-22(26)25(21)23/h3-4,12-15,21,23H,2,5-11,16-20H2,1H3/b4-3+,13-12+,15-14+. The molecule has 2 rings (SSSR count). The molecule has 0 spiro atoms. The third-order valence-corrected chi connectivity index (χ3v) is 5.30. The number of nitrogens with zero attached hydrogens (tertiary/aromatic N) is 1. The Bertz CT molecular complexity index is 581. The van der Waals surface area contributed by atoms with Gasteiger partial charge in [0.15, 0.2) is 0 Å². The van der Waals surface area contributed by atoms with Gasteiger partial charge in [-0.3, -0.25) is 9.59 Å². The quantitative estimate of drug-likeness (QED) is 0.126. The first-order valence-electron chi connectivity index (χ1n) is 11.3. The highest BCUT2D eigenvalue weighted by Crippen LogP contribution is 2.29. The van der Waals surface area contributed by atoms with Crippen molar-refractivity contribution in [1.82, 2.24) is 4.90 Å². The molecule has 2 fully saturated rings. The second-order valence-corrected chi connectivity index (χ2v) is 7.75. The molecule has 0 bridgehead atoms. The maximum absolute atomic E-state index is 11.8. The van der Waals surface area contributed by atoms with E-state index in [1.54, 1.807) is 4.90 Å². The van der Waals surface area contributed by atoms with Gasteiger partial charge >= 0.3 is 5.97 Å². The number of hydrogen-bond donors (Lipinski definition) is 0. The van der Waals surface area contributed by atoms with E-state index in [2.05, 4.69) is 31.2 Å². The fraction of sp³-hybridized carbons (Fsp3) is 0.667. The van der Waals surface area contributed by atoms with E-state index in [0.29, 0.717) is 25.9 Å². The van der Waals surface area contributed by atoms with E-state index in [1.807, 2.05) is 12.2 Å². The van der Waals surface area contributed by atoms with Gasteiger partial charge in [-0.05, 0) is 38.5 Å². The van der Waals surface area contributed by atoms with E-state index >= 15 is 0 Å². The van der Waals surface area contributed by atoms with Crippen molar-refractivity contribution in [3.8, 4) is 0 Å². The molecular weight excluding hydrogens is 366 g/mol. The Morgan fingerprint density at radius 3 is 2.45 bits per heavy atom. The average molecular weight is 404 g/mol. The fourth-order valence-corrected chi connectivity index (χ4v) is 3.56. The smallest absolute Gasteiger partial charge is 0.306 e. The van der Waals surface area contributed by atoms with Crippen LogP contribution in [0.2, 0.25) is 0 Å². The molecule has 0 radical (unpaired) electrons. The van der Waals surface area contributed by atoms with Gasteiger partial charge in [-0.1, -0.05) is 62.6 Å². The number of unbranched alkanes of at least 4 members (excludes halogenated alkanes) is 6. The van der Waals surface area contributed by atoms with E-state index in [1.165, 1.54) is 38.5 Å². The van der Waals surface area contributed by atoms with E-state index in [-0.39, 0.29) is 30.8 Å². The maximum Gasteiger partial charge on any atom is 0.306 e. The van der Waals surface area contributed by atoms with E-state index in [4.69, 9.17) is 9.47 Å². The van der Waals surface area contributed by atoms with Gasteiger partial charge in [0, 0.05) is 6.42 Å². The summed E-state index contributed by atoms with van der Waals surface area (Å²) in [5, 5.41) is 0. The van der Waals surface area contributed by atoms with Crippen molar-refractivity contribution in [1.29, 1.82) is 0 Å². The number of ether oxygens (including phenoxy) is 2. The minimum absolute atomic E-state index is 0.0862. The Kier molecular flexibility index (Phi) is 11.4. The molecule has 2 heterocycles. The molecule has 0 N–H and O–H groups in total. The molecule has 0 aromatic carbocycles. The normalized spacial score (nSPS) is 21.4. The summed E-state index contributed by atoms with van der Waals surface area (Å²) in [4.78, 5) is 25.0. The third-order valence-electron chi connectivity index (χ3n) is 5.30. The van der Waals surface area contributed by atoms with Crippen LogP contribution < -0.4 is 0 Å². The lowest BCUT2D eigenvalue weighted by Crippen LogP contribution is -2.54. The average Bonchev–Trinajstić information content (AvgIpc) is 3.05. The number of rotatable bonds is 15. The zero-order chi connectivity index (χ0) is 20.7. The highest BCUT2D eigenvalue weighted by atomic mass is 16.5. The number of carbonyl (C=O) groups is 2. The van der Waals surface area contributed by atoms with E-state index < -0.39 is 0 Å². The second-order valence-electron chi connectivity index (χ2n) is 7.75. The van der Waals surface area contributed by atoms with Crippen molar-refractivity contribution in [2.75, 3.05) is 13.2 Å². The van der Waals surface area contributed by atoms with Crippen LogP contribution in [0.1, 0.15) is 77.6 Å². The summed E-state index contributed by atoms with van der Waals surface area (Å²) in [5.74, 6) is -0.136. The molecule has 0 saturated carbocycles. The Balaban J connectivity index is 1.39. The zero-order valence-corrected chi connectivity index (χ0v) is 17.9. The molecule has 2 unspecified atom stereocenters. The minimum atomic E-state index is -0.222. The van der Waals surface area contributed by atoms with Crippen molar-refractivity contribution in [2.24, 2.45) is 0 Å². The molecule has 2 saturated heterocycles. The zero-order valence-electron chi connectivity index (χ0n) is 17.9. The summed E-state index contributed by atoms with van der Waals surface area (Å²) in [7, 11) is 0. The van der Waals surface area contributed by atoms with Gasteiger partial charge in [-0.15, -0.1) is 0 Å². The number of β-lactam (4-membered cyclic amide) rings is 1. The van der Waals surface area contributed by atoms with E-state index in [9.17, 15) is 9.59 Å². The fourth-order valence-electron chi connectivity index (χ4n) is 3.56. The van der Waals surface area contributed by atoms with Crippen LogP contribution in [0.4, 0.5) is 0 Å². The summed E-state index contributed by atoms with van der Waals surface area (Å²) in [6.07, 6.45) is 24.2. The van der Waals surface area contributed by atoms with Crippen LogP contribution in [0.15, 0.2) is 36.5 Å². The molecule has 2 aliphatic rings. The van der Waals surface area contributed by atoms with Crippen LogP contribution >= 0.6 is 0 Å². The van der Waals surface area contributed by atoms with Crippen LogP contribution in [0.25, 0.3) is 0 Å². The number of esters is 1. The number of carbonyl (C=O) groups excluding carboxylic acids is 2. The highest BCUT2D eigenvalue weighted by molar-refractivity contribution is 5.83. The van der Waals surface area contributed by atoms with Crippen molar-refractivity contribution < 1.29 is 19.1 Å². The lowest BCUT2D eigenvalue weighted by atomic mass is 10.1. The Morgan fingerprint density at radius 1 is 1.03 bits per heavy atom. The Labute approximate surface area is 175 Å². The lowest BCUT2D eigenvalue weighted by molar-refractivity contribution is -0.160. The minimum Gasteiger partial charge on any atom is -0.463 e. The van der Waals surface area contributed by atoms with Crippen molar-refractivity contribution in [3.63, 3.8) is 0 Å². The largest absolute Gasteiger partial charge is 0.463 e. The van der Waals surface area contributed by atoms with Gasteiger partial charge in [0.1, 0.15) is 12.8 Å². The molecular formula is C24H37NO4. The molecule has 1 amide bonds. The summed E-state index contributed by atoms with van der Waals surface area (Å²) in [6.45, 7) is 2.87. The summed E-state index contributed by atoms with van der Waals surface area (Å²) in [5.41, 5.74) is 0. The van der Waals surface area contributed by atoms with Gasteiger partial charge in [0.25, 0.3) is 0 Å². The topological polar surface area (TPSA) is 55.8 Å². The molecule has 29 heavy (non-hydrogen) atoms. The van der Waals surface area contributed by atoms with Crippen LogP contribution in [0, 0.1) is 0 Å². The first kappa shape index (κ1) is 23.4. The molecule has 5 heteroatoms. The molecule has 0 aromatic rings. The first-order valence-corrected chi connectivity index (χ1v) is 11.3. The van der Waals surface area contributed by atoms with Crippen molar-refractivity contribution >= 4 is 11.9 Å². The maximum atomic E-state index is 11.8. The van der Waals surface area contributed by atoms with Gasteiger partial charge in [-0.2, -0.15) is 0 Å². The van der Waals surface area contributed by atoms with Crippen LogP contribution in [-0.2, 0) is 19.1 Å². The predicted octanol–water partition coefficient (Wildman–Crippen LogP) is 5.08. The second kappa shape index (κ2) is 14.2. The molecule has 2 aliphatic heterocycles. The van der Waals surface area contributed by atoms with Crippen molar-refractivity contribution in [2.45, 2.75) is 89.8 Å². The molecule has 0 aromatic heterocycles. The lowest BCUT2D eigenvalue weighted by Gasteiger charge is -2.35. The van der Waals surface area contributed by atoms with Gasteiger partial charge < -0.3 is 14.4 Å². The number of allylic oxidation sites excluding steroid dienone is 6. The Hall–Kier alpha value is -1.88. The SMILES string of the molecule is CC/C=C/CCCCCCC/C=C/C=C/CCC(=O)OCC1COC2CC(=O)N12. The van der Waals surface area contributed by atoms with Crippen molar-refractivity contribution in [3.05, 3.63) is 36.5 Å². The van der Waals surface area contributed by atoms with Crippen LogP contribution in [0.5, 0.6) is 0 Å². The van der Waals surface area contributed by atoms with Gasteiger partial charge in [0.05, 0.1) is 19.1 Å². The highest BCUT2D eigenvalue weighted by Gasteiger charge is 2.47. The molecule has 162 valence electrons. The number of fused-ring (bicyclic) bond motifs is 1. The molecule has 2 atom stereocenters. The van der Waals surface area contributed by atoms with Gasteiger partial charge in [-0.25, -0.2) is 0 Å². The summed E-state index contributed by atoms with van der Waals surface area (Å²) in [6, 6.07) is -0.110. The van der Waals surface area contributed by atoms with Crippen LogP contribution in [0.3, 0.4) is 0 Å². The molecule has 0 aliphatic carbocycles. The third kappa shape index (κ3) is 8.99. The van der Waals surface area contributed by atoms with E-state index in [0.717, 1.165) is 12.8 Å². The molecule has 5 nitrogen and oxygen atoms in total. The van der Waals surface area contributed by atoms with Crippen LogP contribution in [-0.4, -0.2) is 42.3 Å². The number of hydrogen-bond acceptors (Lipinski definition) is 4.